The number of hydrogen-bond donors (Lipinski definition) is 0. The van der Waals surface area contributed by atoms with Gasteiger partial charge in [-0.2, -0.15) is 0 Å². The molecule has 0 spiro atoms. The molecule has 1 fully saturated rings. The molecule has 0 bridgehead atoms. The van der Waals surface area contributed by atoms with Crippen LogP contribution < -0.4 is 0 Å². The van der Waals surface area contributed by atoms with Crippen molar-refractivity contribution in [2.75, 3.05) is 13.2 Å². The predicted molar refractivity (Wildman–Crippen MR) is 132 cm³/mol. The van der Waals surface area contributed by atoms with Crippen molar-refractivity contribution in [2.45, 2.75) is 64.3 Å². The van der Waals surface area contributed by atoms with Crippen LogP contribution in [0.1, 0.15) is 51.8 Å². The normalized spacial score (nSPS) is 18.5. The van der Waals surface area contributed by atoms with Gasteiger partial charge in [0.1, 0.15) is 5.60 Å². The highest BCUT2D eigenvalue weighted by molar-refractivity contribution is 6.03. The Hall–Kier alpha value is -3.76. The van der Waals surface area contributed by atoms with Crippen LogP contribution in [-0.2, 0) is 47.6 Å². The first kappa shape index (κ1) is 28.8. The number of hydrogen-bond acceptors (Lipinski definition) is 10. The number of carbonyl (C=O) groups excluding carboxylic acids is 4. The summed E-state index contributed by atoms with van der Waals surface area (Å²) in [5.41, 5.74) is 0.300. The van der Waals surface area contributed by atoms with Gasteiger partial charge in [-0.1, -0.05) is 60.7 Å². The van der Waals surface area contributed by atoms with Gasteiger partial charge in [0.15, 0.2) is 18.3 Å². The maximum Gasteiger partial charge on any atom is 0.379 e. The van der Waals surface area contributed by atoms with Crippen LogP contribution in [-0.4, -0.2) is 60.7 Å². The van der Waals surface area contributed by atoms with Crippen LogP contribution in [0.2, 0.25) is 0 Å². The van der Waals surface area contributed by atoms with Crippen LogP contribution in [0.5, 0.6) is 0 Å². The Labute approximate surface area is 221 Å². The summed E-state index contributed by atoms with van der Waals surface area (Å²) in [6.45, 7) is 7.57. The molecule has 0 unspecified atom stereocenters. The molecule has 10 heteroatoms. The molecule has 2 aromatic rings. The summed E-state index contributed by atoms with van der Waals surface area (Å²) in [5, 5.41) is 0. The topological polar surface area (TPSA) is 124 Å². The monoisotopic (exact) mass is 528 g/mol. The Balaban J connectivity index is 2.02. The van der Waals surface area contributed by atoms with E-state index in [4.69, 9.17) is 28.4 Å². The molecule has 38 heavy (non-hydrogen) atoms. The van der Waals surface area contributed by atoms with Gasteiger partial charge in [-0.3, -0.25) is 0 Å². The Morgan fingerprint density at radius 1 is 0.763 bits per heavy atom. The zero-order valence-corrected chi connectivity index (χ0v) is 22.0. The van der Waals surface area contributed by atoms with Crippen LogP contribution in [0.25, 0.3) is 0 Å². The molecule has 204 valence electrons. The van der Waals surface area contributed by atoms with E-state index in [1.54, 1.807) is 69.3 Å². The lowest BCUT2D eigenvalue weighted by molar-refractivity contribution is -0.228. The second kappa shape index (κ2) is 12.2. The molecule has 0 amide bonds. The summed E-state index contributed by atoms with van der Waals surface area (Å²) in [5.74, 6) is -7.47. The van der Waals surface area contributed by atoms with E-state index in [0.717, 1.165) is 0 Å². The van der Waals surface area contributed by atoms with Gasteiger partial charge in [0.2, 0.25) is 0 Å². The predicted octanol–water partition coefficient (Wildman–Crippen LogP) is 3.27. The lowest BCUT2D eigenvalue weighted by Crippen LogP contribution is -2.51. The van der Waals surface area contributed by atoms with Crippen LogP contribution in [0.3, 0.4) is 0 Å². The van der Waals surface area contributed by atoms with Gasteiger partial charge >= 0.3 is 29.7 Å². The van der Waals surface area contributed by atoms with Gasteiger partial charge in [-0.25, -0.2) is 19.2 Å². The largest absolute Gasteiger partial charge is 0.462 e. The lowest BCUT2D eigenvalue weighted by atomic mass is 10.0. The highest BCUT2D eigenvalue weighted by atomic mass is 16.8. The van der Waals surface area contributed by atoms with E-state index < -0.39 is 53.6 Å². The number of carbonyl (C=O) groups is 4. The number of rotatable bonds is 9. The van der Waals surface area contributed by atoms with Crippen molar-refractivity contribution in [1.82, 2.24) is 0 Å². The summed E-state index contributed by atoms with van der Waals surface area (Å²) >= 11 is 0. The Kier molecular flexibility index (Phi) is 9.24. The van der Waals surface area contributed by atoms with Gasteiger partial charge in [0, 0.05) is 0 Å². The average molecular weight is 529 g/mol. The van der Waals surface area contributed by atoms with E-state index in [1.165, 1.54) is 13.8 Å². The molecule has 0 aliphatic carbocycles. The molecule has 1 aliphatic heterocycles. The number of benzene rings is 2. The van der Waals surface area contributed by atoms with E-state index in [9.17, 15) is 19.2 Å². The second-order valence-corrected chi connectivity index (χ2v) is 9.31. The summed E-state index contributed by atoms with van der Waals surface area (Å²) in [4.78, 5) is 52.5. The molecule has 3 rings (SSSR count). The van der Waals surface area contributed by atoms with Crippen LogP contribution in [0.15, 0.2) is 60.7 Å². The first-order chi connectivity index (χ1) is 18.0. The molecular formula is C28H32O10. The minimum atomic E-state index is -2.83. The fourth-order valence-electron chi connectivity index (χ4n) is 3.71. The zero-order chi connectivity index (χ0) is 27.9. The molecule has 0 N–H and O–H groups in total. The van der Waals surface area contributed by atoms with Crippen molar-refractivity contribution < 1.29 is 47.6 Å². The lowest BCUT2D eigenvalue weighted by Gasteiger charge is -2.24. The van der Waals surface area contributed by atoms with Crippen molar-refractivity contribution in [3.63, 3.8) is 0 Å². The second-order valence-electron chi connectivity index (χ2n) is 9.31. The van der Waals surface area contributed by atoms with E-state index in [0.29, 0.717) is 11.1 Å². The summed E-state index contributed by atoms with van der Waals surface area (Å²) in [6.07, 6.45) is -4.58. The van der Waals surface area contributed by atoms with Crippen molar-refractivity contribution >= 4 is 23.9 Å². The van der Waals surface area contributed by atoms with Crippen LogP contribution in [0.4, 0.5) is 0 Å². The van der Waals surface area contributed by atoms with Crippen LogP contribution >= 0.6 is 0 Å². The zero-order valence-electron chi connectivity index (χ0n) is 22.0. The Bertz CT molecular complexity index is 1070. The molecule has 0 saturated carbocycles. The van der Waals surface area contributed by atoms with Crippen molar-refractivity contribution in [3.05, 3.63) is 71.8 Å². The standard InChI is InChI=1S/C28H32O10/c1-6-33-25(31)28(26(32)34-7-2)36-21(22(37-28)24(30)38-27(3,4)5)23(29)35-20(18-14-10-8-11-15-18)19-16-12-9-13-17-19/h8-17,20-22H,6-7H2,1-5H3/t21-,22-/m1/s1. The maximum atomic E-state index is 13.6. The van der Waals surface area contributed by atoms with E-state index in [2.05, 4.69) is 0 Å². The van der Waals surface area contributed by atoms with Crippen molar-refractivity contribution in [2.24, 2.45) is 0 Å². The molecule has 1 saturated heterocycles. The first-order valence-electron chi connectivity index (χ1n) is 12.3. The smallest absolute Gasteiger partial charge is 0.379 e. The third kappa shape index (κ3) is 6.56. The third-order valence-corrected chi connectivity index (χ3v) is 5.26. The molecular weight excluding hydrogens is 496 g/mol. The molecule has 0 aromatic heterocycles. The molecule has 0 radical (unpaired) electrons. The van der Waals surface area contributed by atoms with Gasteiger partial charge in [-0.05, 0) is 45.7 Å². The quantitative estimate of drug-likeness (QED) is 0.272. The minimum Gasteiger partial charge on any atom is -0.462 e. The fraction of sp³-hybridized carbons (Fsp3) is 0.429. The summed E-state index contributed by atoms with van der Waals surface area (Å²) < 4.78 is 32.4. The Morgan fingerprint density at radius 2 is 1.18 bits per heavy atom. The van der Waals surface area contributed by atoms with Gasteiger partial charge < -0.3 is 28.4 Å². The number of ether oxygens (including phenoxy) is 6. The average Bonchev–Trinajstić information content (AvgIpc) is 3.30. The molecule has 2 aromatic carbocycles. The Morgan fingerprint density at radius 3 is 1.58 bits per heavy atom. The fourth-order valence-corrected chi connectivity index (χ4v) is 3.71. The van der Waals surface area contributed by atoms with Crippen molar-refractivity contribution in [1.29, 1.82) is 0 Å². The first-order valence-corrected chi connectivity index (χ1v) is 12.3. The van der Waals surface area contributed by atoms with Gasteiger partial charge in [0.05, 0.1) is 13.2 Å². The number of esters is 4. The summed E-state index contributed by atoms with van der Waals surface area (Å²) in [7, 11) is 0. The molecule has 1 aliphatic rings. The highest BCUT2D eigenvalue weighted by Crippen LogP contribution is 2.36. The molecule has 10 nitrogen and oxygen atoms in total. The van der Waals surface area contributed by atoms with E-state index >= 15 is 0 Å². The third-order valence-electron chi connectivity index (χ3n) is 5.26. The highest BCUT2D eigenvalue weighted by Gasteiger charge is 2.66. The van der Waals surface area contributed by atoms with E-state index in [1.807, 2.05) is 12.1 Å². The molecule has 1 heterocycles. The van der Waals surface area contributed by atoms with Crippen LogP contribution in [0, 0.1) is 0 Å². The van der Waals surface area contributed by atoms with Gasteiger partial charge in [0.25, 0.3) is 0 Å². The van der Waals surface area contributed by atoms with Gasteiger partial charge in [-0.15, -0.1) is 0 Å². The maximum absolute atomic E-state index is 13.6. The SMILES string of the molecule is CCOC(=O)C1(C(=O)OCC)O[C@@H](C(=O)OC(c2ccccc2)c2ccccc2)[C@H](C(=O)OC(C)(C)C)O1. The summed E-state index contributed by atoms with van der Waals surface area (Å²) in [6, 6.07) is 17.8. The van der Waals surface area contributed by atoms with E-state index in [-0.39, 0.29) is 13.2 Å². The minimum absolute atomic E-state index is 0.136. The van der Waals surface area contributed by atoms with Crippen molar-refractivity contribution in [3.8, 4) is 0 Å². The molecule has 2 atom stereocenters.